The quantitative estimate of drug-likeness (QED) is 0.270. The van der Waals surface area contributed by atoms with Crippen LogP contribution in [0.4, 0.5) is 0 Å². The van der Waals surface area contributed by atoms with Crippen molar-refractivity contribution in [3.05, 3.63) is 42.0 Å². The van der Waals surface area contributed by atoms with E-state index in [9.17, 15) is 39.6 Å². The molecule has 0 bridgehead atoms. The summed E-state index contributed by atoms with van der Waals surface area (Å²) in [5, 5.41) is 39.7. The number of benzene rings is 1. The lowest BCUT2D eigenvalue weighted by atomic mass is 9.97. The van der Waals surface area contributed by atoms with E-state index in [0.29, 0.717) is 0 Å². The molecule has 2 rings (SSSR count). The topological polar surface area (TPSA) is 192 Å². The molecule has 0 radical (unpaired) electrons. The number of methoxy groups -OCH3 is 1. The molecule has 3 atom stereocenters. The Morgan fingerprint density at radius 3 is 2.30 bits per heavy atom. The molecule has 0 aromatic heterocycles. The highest BCUT2D eigenvalue weighted by molar-refractivity contribution is 6.42. The molecule has 12 nitrogen and oxygen atoms in total. The molecule has 0 saturated heterocycles. The number of aliphatic imine (C=N–C) groups is 1. The van der Waals surface area contributed by atoms with Gasteiger partial charge in [-0.1, -0.05) is 18.7 Å². The number of aliphatic carboxylic acids is 3. The molecule has 1 heterocycles. The van der Waals surface area contributed by atoms with Crippen LogP contribution in [0.1, 0.15) is 11.5 Å². The summed E-state index contributed by atoms with van der Waals surface area (Å²) in [6.45, 7) is 3.04. The van der Waals surface area contributed by atoms with E-state index in [1.165, 1.54) is 12.1 Å². The Hall–Kier alpha value is -3.77. The maximum absolute atomic E-state index is 12.7. The van der Waals surface area contributed by atoms with Crippen LogP contribution in [0.2, 0.25) is 0 Å². The number of amides is 1. The van der Waals surface area contributed by atoms with Crippen molar-refractivity contribution < 1.29 is 49.1 Å². The van der Waals surface area contributed by atoms with Crippen LogP contribution >= 0.6 is 0 Å². The molecule has 1 amide bonds. The Bertz CT molecular complexity index is 923. The average molecular weight is 422 g/mol. The summed E-state index contributed by atoms with van der Waals surface area (Å²) in [5.41, 5.74) is -3.39. The minimum atomic E-state index is -2.73. The number of carboxylic acids is 3. The van der Waals surface area contributed by atoms with Crippen molar-refractivity contribution in [3.8, 4) is 5.75 Å². The molecule has 1 aromatic rings. The molecule has 5 N–H and O–H groups in total. The summed E-state index contributed by atoms with van der Waals surface area (Å²) in [6.07, 6.45) is -1.85. The highest BCUT2D eigenvalue weighted by Gasteiger charge is 2.52. The number of hydrogen-bond donors (Lipinski definition) is 5. The fourth-order valence-electron chi connectivity index (χ4n) is 2.70. The largest absolute Gasteiger partial charge is 0.508 e. The molecule has 160 valence electrons. The zero-order valence-electron chi connectivity index (χ0n) is 15.6. The summed E-state index contributed by atoms with van der Waals surface area (Å²) in [5.74, 6) is -8.26. The summed E-state index contributed by atoms with van der Waals surface area (Å²) >= 11 is 0. The van der Waals surface area contributed by atoms with Crippen molar-refractivity contribution >= 4 is 29.5 Å². The van der Waals surface area contributed by atoms with Crippen LogP contribution in [0, 0.1) is 0 Å². The SMILES string of the molecule is C=C1CO[C@H]([C@@](NC(=O)[C@@H](C(=O)O)c2ccc(O)cc2)(OC)C(=O)O)N=C1C(=O)O. The summed E-state index contributed by atoms with van der Waals surface area (Å²) in [4.78, 5) is 51.4. The summed E-state index contributed by atoms with van der Waals surface area (Å²) < 4.78 is 10.1. The third-order valence-electron chi connectivity index (χ3n) is 4.23. The molecule has 0 fully saturated rings. The van der Waals surface area contributed by atoms with E-state index in [0.717, 1.165) is 19.2 Å². The average Bonchev–Trinajstić information content (AvgIpc) is 2.67. The minimum Gasteiger partial charge on any atom is -0.508 e. The molecule has 1 aliphatic rings. The first-order valence-electron chi connectivity index (χ1n) is 8.26. The Kier molecular flexibility index (Phi) is 6.54. The number of nitrogens with zero attached hydrogens (tertiary/aromatic N) is 1. The zero-order chi connectivity index (χ0) is 22.6. The van der Waals surface area contributed by atoms with Gasteiger partial charge in [-0.15, -0.1) is 0 Å². The van der Waals surface area contributed by atoms with Gasteiger partial charge in [-0.2, -0.15) is 0 Å². The fourth-order valence-corrected chi connectivity index (χ4v) is 2.70. The predicted molar refractivity (Wildman–Crippen MR) is 98.0 cm³/mol. The maximum Gasteiger partial charge on any atom is 0.362 e. The number of phenols is 1. The molecule has 0 spiro atoms. The number of phenolic OH excluding ortho intramolecular Hbond substituents is 1. The first kappa shape index (κ1) is 22.5. The van der Waals surface area contributed by atoms with Gasteiger partial charge in [0.2, 0.25) is 12.1 Å². The Labute approximate surface area is 169 Å². The third-order valence-corrected chi connectivity index (χ3v) is 4.23. The molecule has 1 aliphatic heterocycles. The van der Waals surface area contributed by atoms with Crippen molar-refractivity contribution in [1.82, 2.24) is 5.32 Å². The van der Waals surface area contributed by atoms with Crippen LogP contribution < -0.4 is 5.32 Å². The van der Waals surface area contributed by atoms with E-state index in [2.05, 4.69) is 11.6 Å². The zero-order valence-corrected chi connectivity index (χ0v) is 15.6. The molecule has 30 heavy (non-hydrogen) atoms. The Morgan fingerprint density at radius 1 is 1.23 bits per heavy atom. The van der Waals surface area contributed by atoms with E-state index < -0.39 is 54.0 Å². The highest BCUT2D eigenvalue weighted by Crippen LogP contribution is 2.26. The molecular formula is C18H18N2O10. The van der Waals surface area contributed by atoms with Gasteiger partial charge in [-0.25, -0.2) is 14.6 Å². The summed E-state index contributed by atoms with van der Waals surface area (Å²) in [7, 11) is 0.896. The Morgan fingerprint density at radius 2 is 1.83 bits per heavy atom. The lowest BCUT2D eigenvalue weighted by Gasteiger charge is -2.36. The lowest BCUT2D eigenvalue weighted by molar-refractivity contribution is -0.193. The van der Waals surface area contributed by atoms with Gasteiger partial charge in [0.1, 0.15) is 5.75 Å². The number of rotatable bonds is 8. The van der Waals surface area contributed by atoms with Crippen LogP contribution in [0.25, 0.3) is 0 Å². The van der Waals surface area contributed by atoms with Gasteiger partial charge in [-0.05, 0) is 17.7 Å². The normalized spacial score (nSPS) is 19.2. The monoisotopic (exact) mass is 422 g/mol. The second kappa shape index (κ2) is 8.71. The second-order valence-electron chi connectivity index (χ2n) is 6.15. The van der Waals surface area contributed by atoms with Gasteiger partial charge >= 0.3 is 17.9 Å². The standard InChI is InChI=1S/C18H18N2O10/c1-8-7-30-16(19-12(8)15(25)26)18(29-2,17(27)28)20-13(22)11(14(23)24)9-3-5-10(21)6-4-9/h3-6,11,16,21H,1,7H2,2H3,(H,20,22)(H,23,24)(H,25,26)(H,27,28)/t11-,16+,18+/m0/s1. The number of aromatic hydroxyl groups is 1. The molecule has 0 saturated carbocycles. The number of ether oxygens (including phenoxy) is 2. The number of nitrogens with one attached hydrogen (secondary N) is 1. The van der Waals surface area contributed by atoms with Gasteiger partial charge in [0.05, 0.1) is 6.61 Å². The smallest absolute Gasteiger partial charge is 0.362 e. The fraction of sp³-hybridized carbons (Fsp3) is 0.278. The van der Waals surface area contributed by atoms with Crippen LogP contribution in [0.5, 0.6) is 5.75 Å². The first-order chi connectivity index (χ1) is 14.0. The summed E-state index contributed by atoms with van der Waals surface area (Å²) in [6, 6.07) is 4.65. The highest BCUT2D eigenvalue weighted by atomic mass is 16.6. The lowest BCUT2D eigenvalue weighted by Crippen LogP contribution is -2.65. The van der Waals surface area contributed by atoms with Crippen LogP contribution in [-0.2, 0) is 28.7 Å². The Balaban J connectivity index is 2.46. The van der Waals surface area contributed by atoms with Gasteiger partial charge in [-0.3, -0.25) is 9.59 Å². The molecule has 0 aliphatic carbocycles. The first-order valence-corrected chi connectivity index (χ1v) is 8.26. The van der Waals surface area contributed by atoms with Gasteiger partial charge < -0.3 is 35.2 Å². The van der Waals surface area contributed by atoms with E-state index in [1.807, 2.05) is 5.32 Å². The van der Waals surface area contributed by atoms with E-state index in [1.54, 1.807) is 0 Å². The van der Waals surface area contributed by atoms with Crippen molar-refractivity contribution in [2.75, 3.05) is 13.7 Å². The maximum atomic E-state index is 12.7. The molecule has 0 unspecified atom stereocenters. The number of hydrogen-bond acceptors (Lipinski definition) is 8. The van der Waals surface area contributed by atoms with Crippen LogP contribution in [0.15, 0.2) is 41.4 Å². The van der Waals surface area contributed by atoms with E-state index >= 15 is 0 Å². The predicted octanol–water partition coefficient (Wildman–Crippen LogP) is -0.458. The van der Waals surface area contributed by atoms with Crippen LogP contribution in [-0.4, -0.2) is 75.6 Å². The van der Waals surface area contributed by atoms with Crippen molar-refractivity contribution in [3.63, 3.8) is 0 Å². The number of carboxylic acid groups (broad SMARTS) is 3. The van der Waals surface area contributed by atoms with Crippen LogP contribution in [0.3, 0.4) is 0 Å². The van der Waals surface area contributed by atoms with E-state index in [-0.39, 0.29) is 16.9 Å². The molecule has 12 heteroatoms. The third kappa shape index (κ3) is 4.29. The van der Waals surface area contributed by atoms with Crippen molar-refractivity contribution in [2.45, 2.75) is 17.9 Å². The van der Waals surface area contributed by atoms with Gasteiger partial charge in [0.15, 0.2) is 11.6 Å². The number of carbonyl (C=O) groups excluding carboxylic acids is 1. The van der Waals surface area contributed by atoms with Gasteiger partial charge in [0, 0.05) is 12.7 Å². The van der Waals surface area contributed by atoms with Gasteiger partial charge in [0.25, 0.3) is 5.72 Å². The van der Waals surface area contributed by atoms with E-state index in [4.69, 9.17) is 9.47 Å². The molecule has 1 aromatic carbocycles. The number of carbonyl (C=O) groups is 4. The molecular weight excluding hydrogens is 404 g/mol. The van der Waals surface area contributed by atoms with Crippen molar-refractivity contribution in [2.24, 2.45) is 4.99 Å². The second-order valence-corrected chi connectivity index (χ2v) is 6.15. The van der Waals surface area contributed by atoms with Crippen molar-refractivity contribution in [1.29, 1.82) is 0 Å². The minimum absolute atomic E-state index is 0.0343.